The first-order chi connectivity index (χ1) is 9.41. The monoisotopic (exact) mass is 324 g/mol. The van der Waals surface area contributed by atoms with Crippen LogP contribution >= 0.6 is 10.7 Å². The van der Waals surface area contributed by atoms with Gasteiger partial charge in [0.05, 0.1) is 18.5 Å². The Bertz CT molecular complexity index is 355. The molecule has 1 aliphatic carbocycles. The summed E-state index contributed by atoms with van der Waals surface area (Å²) in [6, 6.07) is 0. The molecular weight excluding hydrogens is 296 g/mol. The molecule has 1 saturated carbocycles. The predicted octanol–water partition coefficient (Wildman–Crippen LogP) is 4.49. The van der Waals surface area contributed by atoms with E-state index >= 15 is 0 Å². The highest BCUT2D eigenvalue weighted by Gasteiger charge is 2.34. The Morgan fingerprint density at radius 1 is 1.10 bits per heavy atom. The van der Waals surface area contributed by atoms with Gasteiger partial charge in [0.2, 0.25) is 9.05 Å². The minimum absolute atomic E-state index is 0.0377. The van der Waals surface area contributed by atoms with Crippen molar-refractivity contribution in [3.8, 4) is 0 Å². The SMILES string of the molecule is CCCC(CCC)(COC1CCCCC1)CS(=O)(=O)Cl. The summed E-state index contributed by atoms with van der Waals surface area (Å²) in [7, 11) is 2.04. The van der Waals surface area contributed by atoms with Crippen LogP contribution in [0.2, 0.25) is 0 Å². The summed E-state index contributed by atoms with van der Waals surface area (Å²) in [6.07, 6.45) is 9.93. The summed E-state index contributed by atoms with van der Waals surface area (Å²) >= 11 is 0. The molecule has 0 spiro atoms. The molecule has 0 aromatic rings. The number of hydrogen-bond donors (Lipinski definition) is 0. The zero-order chi connectivity index (χ0) is 15.1. The van der Waals surface area contributed by atoms with Crippen LogP contribution in [-0.2, 0) is 13.8 Å². The lowest BCUT2D eigenvalue weighted by Crippen LogP contribution is -2.35. The molecule has 5 heteroatoms. The molecule has 1 rings (SSSR count). The van der Waals surface area contributed by atoms with Crippen molar-refractivity contribution in [3.05, 3.63) is 0 Å². The molecule has 20 heavy (non-hydrogen) atoms. The molecule has 0 aromatic carbocycles. The quantitative estimate of drug-likeness (QED) is 0.587. The number of ether oxygens (including phenoxy) is 1. The highest BCUT2D eigenvalue weighted by molar-refractivity contribution is 8.13. The van der Waals surface area contributed by atoms with E-state index in [1.54, 1.807) is 0 Å². The van der Waals surface area contributed by atoms with Gasteiger partial charge in [-0.05, 0) is 25.7 Å². The van der Waals surface area contributed by atoms with E-state index in [0.717, 1.165) is 38.5 Å². The molecule has 0 N–H and O–H groups in total. The number of hydrogen-bond acceptors (Lipinski definition) is 3. The summed E-state index contributed by atoms with van der Waals surface area (Å²) < 4.78 is 29.2. The highest BCUT2D eigenvalue weighted by Crippen LogP contribution is 2.34. The second kappa shape index (κ2) is 8.60. The zero-order valence-corrected chi connectivity index (χ0v) is 14.4. The van der Waals surface area contributed by atoms with Crippen molar-refractivity contribution in [3.63, 3.8) is 0 Å². The van der Waals surface area contributed by atoms with E-state index in [1.165, 1.54) is 19.3 Å². The van der Waals surface area contributed by atoms with Crippen LogP contribution in [0.3, 0.4) is 0 Å². The van der Waals surface area contributed by atoms with E-state index in [0.29, 0.717) is 12.7 Å². The van der Waals surface area contributed by atoms with Gasteiger partial charge in [0, 0.05) is 16.1 Å². The Balaban J connectivity index is 2.68. The van der Waals surface area contributed by atoms with Gasteiger partial charge in [0.25, 0.3) is 0 Å². The molecule has 120 valence electrons. The highest BCUT2D eigenvalue weighted by atomic mass is 35.7. The molecule has 0 atom stereocenters. The van der Waals surface area contributed by atoms with Crippen molar-refractivity contribution in [2.45, 2.75) is 77.7 Å². The lowest BCUT2D eigenvalue weighted by atomic mass is 9.81. The van der Waals surface area contributed by atoms with Gasteiger partial charge >= 0.3 is 0 Å². The first-order valence-electron chi connectivity index (χ1n) is 7.95. The van der Waals surface area contributed by atoms with Crippen LogP contribution in [0.25, 0.3) is 0 Å². The van der Waals surface area contributed by atoms with Crippen LogP contribution in [0.1, 0.15) is 71.6 Å². The maximum Gasteiger partial charge on any atom is 0.233 e. The van der Waals surface area contributed by atoms with Gasteiger partial charge in [0.1, 0.15) is 0 Å². The molecule has 3 nitrogen and oxygen atoms in total. The van der Waals surface area contributed by atoms with Crippen LogP contribution < -0.4 is 0 Å². The Morgan fingerprint density at radius 2 is 1.65 bits per heavy atom. The van der Waals surface area contributed by atoms with Gasteiger partial charge in [-0.2, -0.15) is 0 Å². The van der Waals surface area contributed by atoms with E-state index < -0.39 is 9.05 Å². The van der Waals surface area contributed by atoms with Crippen molar-refractivity contribution < 1.29 is 13.2 Å². The first kappa shape index (κ1) is 18.2. The van der Waals surface area contributed by atoms with Crippen molar-refractivity contribution in [1.29, 1.82) is 0 Å². The van der Waals surface area contributed by atoms with Gasteiger partial charge < -0.3 is 4.74 Å². The van der Waals surface area contributed by atoms with E-state index in [4.69, 9.17) is 15.4 Å². The van der Waals surface area contributed by atoms with Crippen LogP contribution in [0.5, 0.6) is 0 Å². The second-order valence-electron chi connectivity index (χ2n) is 6.25. The van der Waals surface area contributed by atoms with Crippen molar-refractivity contribution in [2.24, 2.45) is 5.41 Å². The predicted molar refractivity (Wildman–Crippen MR) is 84.7 cm³/mol. The molecule has 1 fully saturated rings. The summed E-state index contributed by atoms with van der Waals surface area (Å²) in [6.45, 7) is 4.71. The molecule has 0 unspecified atom stereocenters. The van der Waals surface area contributed by atoms with Crippen molar-refractivity contribution >= 4 is 19.7 Å². The molecule has 1 aliphatic rings. The minimum atomic E-state index is -3.49. The maximum atomic E-state index is 11.6. The van der Waals surface area contributed by atoms with Crippen molar-refractivity contribution in [2.75, 3.05) is 12.4 Å². The number of halogens is 1. The maximum absolute atomic E-state index is 11.6. The zero-order valence-electron chi connectivity index (χ0n) is 12.9. The third-order valence-electron chi connectivity index (χ3n) is 4.22. The molecule has 0 radical (unpaired) electrons. The summed E-state index contributed by atoms with van der Waals surface area (Å²) in [5, 5.41) is 0. The minimum Gasteiger partial charge on any atom is -0.378 e. The summed E-state index contributed by atoms with van der Waals surface area (Å²) in [5.41, 5.74) is -0.304. The standard InChI is InChI=1S/C15H29ClO3S/c1-3-10-15(11-4-2,13-20(16,17)18)12-19-14-8-6-5-7-9-14/h14H,3-13H2,1-2H3. The summed E-state index contributed by atoms with van der Waals surface area (Å²) in [4.78, 5) is 0. The van der Waals surface area contributed by atoms with Gasteiger partial charge in [-0.25, -0.2) is 8.42 Å². The third-order valence-corrected chi connectivity index (χ3v) is 5.50. The van der Waals surface area contributed by atoms with Crippen LogP contribution in [0.4, 0.5) is 0 Å². The lowest BCUT2D eigenvalue weighted by Gasteiger charge is -2.34. The topological polar surface area (TPSA) is 43.4 Å². The van der Waals surface area contributed by atoms with Crippen molar-refractivity contribution in [1.82, 2.24) is 0 Å². The third kappa shape index (κ3) is 6.77. The van der Waals surface area contributed by atoms with E-state index in [-0.39, 0.29) is 11.2 Å². The average molecular weight is 325 g/mol. The number of rotatable bonds is 9. The fraction of sp³-hybridized carbons (Fsp3) is 1.00. The molecule has 0 heterocycles. The Hall–Kier alpha value is 0.200. The Kier molecular flexibility index (Phi) is 7.84. The fourth-order valence-electron chi connectivity index (χ4n) is 3.41. The Morgan fingerprint density at radius 3 is 2.10 bits per heavy atom. The van der Waals surface area contributed by atoms with Gasteiger partial charge in [-0.1, -0.05) is 46.0 Å². The van der Waals surface area contributed by atoms with Crippen LogP contribution in [-0.4, -0.2) is 26.9 Å². The lowest BCUT2D eigenvalue weighted by molar-refractivity contribution is -0.0248. The summed E-state index contributed by atoms with van der Waals surface area (Å²) in [5.74, 6) is 0.0377. The molecule has 0 bridgehead atoms. The normalized spacial score (nSPS) is 18.4. The van der Waals surface area contributed by atoms with Gasteiger partial charge in [0.15, 0.2) is 0 Å². The van der Waals surface area contributed by atoms with E-state index in [9.17, 15) is 8.42 Å². The molecule has 0 amide bonds. The van der Waals surface area contributed by atoms with Crippen LogP contribution in [0.15, 0.2) is 0 Å². The van der Waals surface area contributed by atoms with Gasteiger partial charge in [-0.3, -0.25) is 0 Å². The first-order valence-corrected chi connectivity index (χ1v) is 10.4. The largest absolute Gasteiger partial charge is 0.378 e. The fourth-order valence-corrected chi connectivity index (χ4v) is 5.21. The molecule has 0 aliphatic heterocycles. The van der Waals surface area contributed by atoms with E-state index in [2.05, 4.69) is 13.8 Å². The molecular formula is C15H29ClO3S. The Labute approximate surface area is 128 Å². The molecule has 0 aromatic heterocycles. The van der Waals surface area contributed by atoms with Crippen LogP contribution in [0, 0.1) is 5.41 Å². The molecule has 0 saturated heterocycles. The van der Waals surface area contributed by atoms with E-state index in [1.807, 2.05) is 0 Å². The van der Waals surface area contributed by atoms with Gasteiger partial charge in [-0.15, -0.1) is 0 Å². The smallest absolute Gasteiger partial charge is 0.233 e. The average Bonchev–Trinajstić information content (AvgIpc) is 2.36. The second-order valence-corrected chi connectivity index (χ2v) is 9.03.